The van der Waals surface area contributed by atoms with Crippen molar-refractivity contribution < 1.29 is 0 Å². The average Bonchev–Trinajstić information content (AvgIpc) is 2.97. The maximum absolute atomic E-state index is 6.43. The molecule has 7 heteroatoms. The number of aromatic nitrogens is 3. The highest BCUT2D eigenvalue weighted by molar-refractivity contribution is 6.31. The molecule has 5 nitrogen and oxygen atoms in total. The third kappa shape index (κ3) is 3.65. The molecule has 0 radical (unpaired) electrons. The van der Waals surface area contributed by atoms with Crippen molar-refractivity contribution >= 4 is 35.0 Å². The molecule has 1 aliphatic heterocycles. The van der Waals surface area contributed by atoms with Crippen molar-refractivity contribution in [2.75, 3.05) is 19.6 Å². The molecule has 0 aliphatic carbocycles. The second kappa shape index (κ2) is 7.70. The van der Waals surface area contributed by atoms with E-state index in [1.165, 1.54) is 11.1 Å². The lowest BCUT2D eigenvalue weighted by atomic mass is 10.0. The van der Waals surface area contributed by atoms with Crippen LogP contribution in [0.3, 0.4) is 0 Å². The van der Waals surface area contributed by atoms with Crippen molar-refractivity contribution in [2.45, 2.75) is 19.5 Å². The Balaban J connectivity index is 0.00000182. The molecule has 1 aliphatic rings. The number of hydrogen-bond acceptors (Lipinski definition) is 4. The van der Waals surface area contributed by atoms with E-state index in [4.69, 9.17) is 11.6 Å². The van der Waals surface area contributed by atoms with Gasteiger partial charge in [-0.05, 0) is 30.2 Å². The van der Waals surface area contributed by atoms with Gasteiger partial charge in [0.25, 0.3) is 0 Å². The first-order valence-corrected chi connectivity index (χ1v) is 8.59. The maximum Gasteiger partial charge on any atom is 0.181 e. The predicted octanol–water partition coefficient (Wildman–Crippen LogP) is 3.49. The highest BCUT2D eigenvalue weighted by Crippen LogP contribution is 2.29. The number of hydrogen-bond donors (Lipinski definition) is 2. The van der Waals surface area contributed by atoms with Gasteiger partial charge >= 0.3 is 0 Å². The molecule has 1 unspecified atom stereocenters. The second-order valence-electron chi connectivity index (χ2n) is 6.28. The first-order chi connectivity index (χ1) is 11.7. The smallest absolute Gasteiger partial charge is 0.181 e. The largest absolute Gasteiger partial charge is 0.314 e. The van der Waals surface area contributed by atoms with E-state index in [1.807, 2.05) is 25.3 Å². The summed E-state index contributed by atoms with van der Waals surface area (Å²) in [7, 11) is 0. The Bertz CT molecular complexity index is 864. The van der Waals surface area contributed by atoms with Gasteiger partial charge in [0.1, 0.15) is 0 Å². The fourth-order valence-electron chi connectivity index (χ4n) is 3.37. The lowest BCUT2D eigenvalue weighted by molar-refractivity contribution is 0.154. The van der Waals surface area contributed by atoms with Gasteiger partial charge in [-0.3, -0.25) is 10.00 Å². The van der Waals surface area contributed by atoms with Crippen LogP contribution in [0.15, 0.2) is 36.5 Å². The summed E-state index contributed by atoms with van der Waals surface area (Å²) >= 11 is 6.43. The van der Waals surface area contributed by atoms with Crippen molar-refractivity contribution in [1.29, 1.82) is 0 Å². The normalized spacial score (nSPS) is 18.2. The van der Waals surface area contributed by atoms with Crippen LogP contribution >= 0.6 is 24.0 Å². The Kier molecular flexibility index (Phi) is 5.59. The van der Waals surface area contributed by atoms with Crippen LogP contribution in [-0.4, -0.2) is 39.7 Å². The van der Waals surface area contributed by atoms with Gasteiger partial charge in [0.15, 0.2) is 5.65 Å². The van der Waals surface area contributed by atoms with Gasteiger partial charge in [-0.1, -0.05) is 29.8 Å². The Hall–Kier alpha value is -1.66. The van der Waals surface area contributed by atoms with Crippen LogP contribution < -0.4 is 5.32 Å². The van der Waals surface area contributed by atoms with E-state index >= 15 is 0 Å². The highest BCUT2D eigenvalue weighted by atomic mass is 35.5. The quantitative estimate of drug-likeness (QED) is 0.733. The van der Waals surface area contributed by atoms with Gasteiger partial charge < -0.3 is 5.32 Å². The molecule has 0 spiro atoms. The second-order valence-corrected chi connectivity index (χ2v) is 6.68. The van der Waals surface area contributed by atoms with Crippen molar-refractivity contribution in [3.63, 3.8) is 0 Å². The van der Waals surface area contributed by atoms with E-state index in [9.17, 15) is 0 Å². The molecule has 3 aromatic rings. The van der Waals surface area contributed by atoms with E-state index in [1.54, 1.807) is 0 Å². The van der Waals surface area contributed by atoms with Gasteiger partial charge in [0.05, 0.1) is 0 Å². The summed E-state index contributed by atoms with van der Waals surface area (Å²) in [6.07, 6.45) is 1.92. The third-order valence-electron chi connectivity index (χ3n) is 4.66. The molecule has 1 fully saturated rings. The number of aromatic amines is 1. The highest BCUT2D eigenvalue weighted by Gasteiger charge is 2.25. The number of nitrogens with zero attached hydrogens (tertiary/aromatic N) is 3. The molecule has 0 amide bonds. The fourth-order valence-corrected chi connectivity index (χ4v) is 3.63. The summed E-state index contributed by atoms with van der Waals surface area (Å²) in [5, 5.41) is 12.6. The first kappa shape index (κ1) is 18.1. The number of H-pyrrole nitrogens is 1. The first-order valence-electron chi connectivity index (χ1n) is 8.21. The molecule has 132 valence electrons. The van der Waals surface area contributed by atoms with Crippen molar-refractivity contribution in [2.24, 2.45) is 0 Å². The monoisotopic (exact) mass is 377 g/mol. The van der Waals surface area contributed by atoms with Crippen LogP contribution in [0.5, 0.6) is 0 Å². The Morgan fingerprint density at radius 3 is 3.00 bits per heavy atom. The molecule has 1 atom stereocenters. The summed E-state index contributed by atoms with van der Waals surface area (Å²) in [6, 6.07) is 10.6. The van der Waals surface area contributed by atoms with E-state index in [-0.39, 0.29) is 18.4 Å². The Morgan fingerprint density at radius 1 is 1.32 bits per heavy atom. The standard InChI is InChI=1S/C18H20ClN5.ClH/c1-12-15-8-13(9-21-18(15)23-22-12)11-24-7-6-20-10-17(24)14-4-2-3-5-16(14)19;/h2-5,8-9,17,20H,6-7,10-11H2,1H3,(H,21,22,23);1H. The molecule has 3 heterocycles. The van der Waals surface area contributed by atoms with E-state index < -0.39 is 0 Å². The number of halogens is 2. The topological polar surface area (TPSA) is 56.8 Å². The molecule has 2 aromatic heterocycles. The van der Waals surface area contributed by atoms with Crippen LogP contribution in [0.4, 0.5) is 0 Å². The molecule has 4 rings (SSSR count). The SMILES string of the molecule is Cc1[nH]nc2ncc(CN3CCNCC3c3ccccc3Cl)cc12.Cl. The molecular formula is C18H21Cl2N5. The molecule has 25 heavy (non-hydrogen) atoms. The number of aryl methyl sites for hydroxylation is 1. The molecule has 1 saturated heterocycles. The van der Waals surface area contributed by atoms with Crippen LogP contribution in [0, 0.1) is 6.92 Å². The van der Waals surface area contributed by atoms with Crippen LogP contribution in [-0.2, 0) is 6.54 Å². The van der Waals surface area contributed by atoms with E-state index in [0.717, 1.165) is 47.9 Å². The molecule has 0 bridgehead atoms. The number of benzene rings is 1. The van der Waals surface area contributed by atoms with E-state index in [0.29, 0.717) is 0 Å². The Labute approximate surface area is 158 Å². The van der Waals surface area contributed by atoms with Gasteiger partial charge in [0.2, 0.25) is 0 Å². The average molecular weight is 378 g/mol. The molecule has 0 saturated carbocycles. The maximum atomic E-state index is 6.43. The summed E-state index contributed by atoms with van der Waals surface area (Å²) in [5.74, 6) is 0. The lowest BCUT2D eigenvalue weighted by Crippen LogP contribution is -2.45. The van der Waals surface area contributed by atoms with E-state index in [2.05, 4.69) is 43.6 Å². The van der Waals surface area contributed by atoms with Gasteiger partial charge in [-0.15, -0.1) is 12.4 Å². The van der Waals surface area contributed by atoms with Crippen LogP contribution in [0.2, 0.25) is 5.02 Å². The summed E-state index contributed by atoms with van der Waals surface area (Å²) in [5.41, 5.74) is 4.22. The fraction of sp³-hybridized carbons (Fsp3) is 0.333. The zero-order valence-corrected chi connectivity index (χ0v) is 15.6. The molecule has 1 aromatic carbocycles. The predicted molar refractivity (Wildman–Crippen MR) is 103 cm³/mol. The summed E-state index contributed by atoms with van der Waals surface area (Å²) in [6.45, 7) is 5.76. The number of rotatable bonds is 3. The summed E-state index contributed by atoms with van der Waals surface area (Å²) < 4.78 is 0. The van der Waals surface area contributed by atoms with Gasteiger partial charge in [-0.2, -0.15) is 5.10 Å². The van der Waals surface area contributed by atoms with Gasteiger partial charge in [-0.25, -0.2) is 4.98 Å². The zero-order chi connectivity index (χ0) is 16.5. The number of piperazine rings is 1. The number of fused-ring (bicyclic) bond motifs is 1. The Morgan fingerprint density at radius 2 is 2.16 bits per heavy atom. The third-order valence-corrected chi connectivity index (χ3v) is 5.01. The zero-order valence-electron chi connectivity index (χ0n) is 14.0. The summed E-state index contributed by atoms with van der Waals surface area (Å²) in [4.78, 5) is 6.94. The minimum absolute atomic E-state index is 0. The van der Waals surface area contributed by atoms with Crippen molar-refractivity contribution in [3.8, 4) is 0 Å². The molecular weight excluding hydrogens is 357 g/mol. The number of nitrogens with one attached hydrogen (secondary N) is 2. The minimum Gasteiger partial charge on any atom is -0.314 e. The molecule has 2 N–H and O–H groups in total. The lowest BCUT2D eigenvalue weighted by Gasteiger charge is -2.37. The van der Waals surface area contributed by atoms with Crippen LogP contribution in [0.1, 0.15) is 22.9 Å². The van der Waals surface area contributed by atoms with Crippen molar-refractivity contribution in [1.82, 2.24) is 25.4 Å². The number of pyridine rings is 1. The minimum atomic E-state index is 0. The van der Waals surface area contributed by atoms with Crippen molar-refractivity contribution in [3.05, 3.63) is 58.4 Å². The van der Waals surface area contributed by atoms with Crippen LogP contribution in [0.25, 0.3) is 11.0 Å². The van der Waals surface area contributed by atoms with Gasteiger partial charge in [0, 0.05) is 54.5 Å².